The van der Waals surface area contributed by atoms with Crippen LogP contribution >= 0.6 is 0 Å². The third-order valence-corrected chi connectivity index (χ3v) is 4.79. The van der Waals surface area contributed by atoms with Crippen LogP contribution in [0.4, 0.5) is 11.4 Å². The molecule has 0 fully saturated rings. The number of aromatic hydroxyl groups is 1. The highest BCUT2D eigenvalue weighted by molar-refractivity contribution is 5.92. The monoisotopic (exact) mass is 336 g/mol. The summed E-state index contributed by atoms with van der Waals surface area (Å²) in [5, 5.41) is 9.88. The Kier molecular flexibility index (Phi) is 4.29. The average molecular weight is 336 g/mol. The van der Waals surface area contributed by atoms with Gasteiger partial charge in [0.25, 0.3) is 0 Å². The van der Waals surface area contributed by atoms with Gasteiger partial charge in [0.05, 0.1) is 12.6 Å². The fraction of sp³-hybridized carbons (Fsp3) is 0.286. The number of hydrogen-bond acceptors (Lipinski definition) is 4. The maximum absolute atomic E-state index is 9.88. The zero-order valence-electron chi connectivity index (χ0n) is 15.4. The summed E-state index contributed by atoms with van der Waals surface area (Å²) in [7, 11) is 3.76. The number of hydrogen-bond donors (Lipinski definition) is 1. The molecule has 2 aromatic carbocycles. The minimum atomic E-state index is -0.0481. The van der Waals surface area contributed by atoms with Gasteiger partial charge in [-0.25, -0.2) is 0 Å². The second-order valence-electron chi connectivity index (χ2n) is 6.90. The number of phenols is 1. The highest BCUT2D eigenvalue weighted by Crippen LogP contribution is 2.41. The first kappa shape index (κ1) is 17.1. The Morgan fingerprint density at radius 1 is 1.20 bits per heavy atom. The molecular weight excluding hydrogens is 312 g/mol. The van der Waals surface area contributed by atoms with Gasteiger partial charge in [-0.3, -0.25) is 4.99 Å². The maximum Gasteiger partial charge on any atom is 0.141 e. The van der Waals surface area contributed by atoms with Crippen LogP contribution in [0, 0.1) is 0 Å². The van der Waals surface area contributed by atoms with Crippen molar-refractivity contribution in [1.82, 2.24) is 0 Å². The molecule has 1 heterocycles. The molecule has 0 unspecified atom stereocenters. The quantitative estimate of drug-likeness (QED) is 0.820. The number of anilines is 1. The highest BCUT2D eigenvalue weighted by Gasteiger charge is 2.29. The summed E-state index contributed by atoms with van der Waals surface area (Å²) in [6.45, 7) is 6.52. The lowest BCUT2D eigenvalue weighted by Crippen LogP contribution is -2.42. The molecule has 4 nitrogen and oxygen atoms in total. The first-order chi connectivity index (χ1) is 11.8. The Balaban J connectivity index is 2.08. The van der Waals surface area contributed by atoms with Crippen molar-refractivity contribution in [3.8, 4) is 11.5 Å². The maximum atomic E-state index is 9.88. The van der Waals surface area contributed by atoms with Crippen LogP contribution in [0.15, 0.2) is 47.5 Å². The van der Waals surface area contributed by atoms with E-state index in [0.29, 0.717) is 5.69 Å². The Bertz CT molecular complexity index is 866. The van der Waals surface area contributed by atoms with Gasteiger partial charge in [0, 0.05) is 36.1 Å². The lowest BCUT2D eigenvalue weighted by Gasteiger charge is -2.40. The standard InChI is InChI=1S/C21H24N2O2/c1-14-12-21(2,3)23(4)18-11-20(25-5)15(10-16(14)18)13-22-17-8-6-7-9-19(17)24/h6-13,24H,1-5H3. The molecule has 0 saturated heterocycles. The SMILES string of the molecule is COc1cc2c(cc1C=Nc1ccccc1O)C(C)=CC(C)(C)N2C. The zero-order chi connectivity index (χ0) is 18.2. The van der Waals surface area contributed by atoms with Crippen molar-refractivity contribution in [1.29, 1.82) is 0 Å². The van der Waals surface area contributed by atoms with Crippen molar-refractivity contribution in [2.45, 2.75) is 26.3 Å². The van der Waals surface area contributed by atoms with Gasteiger partial charge in [-0.15, -0.1) is 0 Å². The lowest BCUT2D eigenvalue weighted by molar-refractivity contribution is 0.414. The number of phenolic OH excluding ortho intramolecular Hbond substituents is 1. The van der Waals surface area contributed by atoms with E-state index in [1.54, 1.807) is 31.5 Å². The molecule has 1 aliphatic heterocycles. The molecular formula is C21H24N2O2. The number of allylic oxidation sites excluding steroid dienone is 1. The number of rotatable bonds is 3. The summed E-state index contributed by atoms with van der Waals surface area (Å²) in [5.41, 5.74) is 4.91. The summed E-state index contributed by atoms with van der Waals surface area (Å²) in [6.07, 6.45) is 4.01. The van der Waals surface area contributed by atoms with E-state index in [2.05, 4.69) is 55.9 Å². The van der Waals surface area contributed by atoms with E-state index in [1.807, 2.05) is 6.07 Å². The van der Waals surface area contributed by atoms with Crippen LogP contribution in [0.25, 0.3) is 5.57 Å². The molecule has 0 saturated carbocycles. The number of aliphatic imine (C=N–C) groups is 1. The van der Waals surface area contributed by atoms with Crippen LogP contribution in [0.1, 0.15) is 31.9 Å². The second-order valence-corrected chi connectivity index (χ2v) is 6.90. The van der Waals surface area contributed by atoms with E-state index in [0.717, 1.165) is 17.0 Å². The van der Waals surface area contributed by atoms with Crippen LogP contribution in [-0.4, -0.2) is 31.0 Å². The van der Waals surface area contributed by atoms with E-state index in [9.17, 15) is 5.11 Å². The highest BCUT2D eigenvalue weighted by atomic mass is 16.5. The first-order valence-electron chi connectivity index (χ1n) is 8.31. The van der Waals surface area contributed by atoms with Crippen molar-refractivity contribution >= 4 is 23.2 Å². The molecule has 0 bridgehead atoms. The molecule has 3 rings (SSSR count). The lowest BCUT2D eigenvalue weighted by atomic mass is 9.88. The number of fused-ring (bicyclic) bond motifs is 1. The Morgan fingerprint density at radius 3 is 2.60 bits per heavy atom. The van der Waals surface area contributed by atoms with E-state index in [-0.39, 0.29) is 11.3 Å². The van der Waals surface area contributed by atoms with Crippen LogP contribution in [0.2, 0.25) is 0 Å². The molecule has 1 N–H and O–H groups in total. The van der Waals surface area contributed by atoms with Crippen LogP contribution in [0.3, 0.4) is 0 Å². The minimum absolute atomic E-state index is 0.0481. The molecule has 4 heteroatoms. The summed E-state index contributed by atoms with van der Waals surface area (Å²) in [6, 6.07) is 11.2. The predicted octanol–water partition coefficient (Wildman–Crippen LogP) is 4.78. The van der Waals surface area contributed by atoms with Gasteiger partial charge in [0.1, 0.15) is 17.2 Å². The third-order valence-electron chi connectivity index (χ3n) is 4.79. The molecule has 1 aliphatic rings. The average Bonchev–Trinajstić information content (AvgIpc) is 2.58. The van der Waals surface area contributed by atoms with E-state index >= 15 is 0 Å². The number of para-hydroxylation sites is 2. The fourth-order valence-corrected chi connectivity index (χ4v) is 3.18. The molecule has 0 spiro atoms. The molecule has 0 aliphatic carbocycles. The molecule has 0 radical (unpaired) electrons. The fourth-order valence-electron chi connectivity index (χ4n) is 3.18. The third kappa shape index (κ3) is 3.12. The number of benzene rings is 2. The van der Waals surface area contributed by atoms with Gasteiger partial charge in [-0.2, -0.15) is 0 Å². The predicted molar refractivity (Wildman–Crippen MR) is 104 cm³/mol. The van der Waals surface area contributed by atoms with Gasteiger partial charge < -0.3 is 14.7 Å². The smallest absolute Gasteiger partial charge is 0.141 e. The Hall–Kier alpha value is -2.75. The van der Waals surface area contributed by atoms with Gasteiger partial charge in [0.15, 0.2) is 0 Å². The van der Waals surface area contributed by atoms with Crippen LogP contribution in [0.5, 0.6) is 11.5 Å². The number of nitrogens with zero attached hydrogens (tertiary/aromatic N) is 2. The minimum Gasteiger partial charge on any atom is -0.506 e. The number of methoxy groups -OCH3 is 1. The van der Waals surface area contributed by atoms with Crippen LogP contribution in [-0.2, 0) is 0 Å². The molecule has 2 aromatic rings. The molecule has 0 amide bonds. The van der Waals surface area contributed by atoms with Gasteiger partial charge in [-0.05, 0) is 44.5 Å². The summed E-state index contributed by atoms with van der Waals surface area (Å²) in [5.74, 6) is 0.920. The zero-order valence-corrected chi connectivity index (χ0v) is 15.4. The first-order valence-corrected chi connectivity index (χ1v) is 8.31. The van der Waals surface area contributed by atoms with Gasteiger partial charge in [-0.1, -0.05) is 18.2 Å². The number of likely N-dealkylation sites (N-methyl/N-ethyl adjacent to an activating group) is 1. The normalized spacial score (nSPS) is 15.9. The van der Waals surface area contributed by atoms with Crippen molar-refractivity contribution in [2.75, 3.05) is 19.1 Å². The van der Waals surface area contributed by atoms with Gasteiger partial charge in [0.2, 0.25) is 0 Å². The second kappa shape index (κ2) is 6.28. The topological polar surface area (TPSA) is 45.1 Å². The van der Waals surface area contributed by atoms with Crippen LogP contribution < -0.4 is 9.64 Å². The van der Waals surface area contributed by atoms with E-state index < -0.39 is 0 Å². The van der Waals surface area contributed by atoms with Crippen molar-refractivity contribution in [3.05, 3.63) is 53.6 Å². The largest absolute Gasteiger partial charge is 0.506 e. The summed E-state index contributed by atoms with van der Waals surface area (Å²) in [4.78, 5) is 6.67. The molecule has 130 valence electrons. The Labute approximate surface area is 149 Å². The molecule has 0 atom stereocenters. The van der Waals surface area contributed by atoms with E-state index in [1.165, 1.54) is 11.1 Å². The van der Waals surface area contributed by atoms with Crippen molar-refractivity contribution < 1.29 is 9.84 Å². The summed E-state index contributed by atoms with van der Waals surface area (Å²) >= 11 is 0. The van der Waals surface area contributed by atoms with Crippen molar-refractivity contribution in [2.24, 2.45) is 4.99 Å². The Morgan fingerprint density at radius 2 is 1.92 bits per heavy atom. The van der Waals surface area contributed by atoms with Gasteiger partial charge >= 0.3 is 0 Å². The molecule has 0 aromatic heterocycles. The molecule has 25 heavy (non-hydrogen) atoms. The number of ether oxygens (including phenoxy) is 1. The van der Waals surface area contributed by atoms with E-state index in [4.69, 9.17) is 4.74 Å². The van der Waals surface area contributed by atoms with Crippen molar-refractivity contribution in [3.63, 3.8) is 0 Å². The summed E-state index contributed by atoms with van der Waals surface area (Å²) < 4.78 is 5.58.